The predicted molar refractivity (Wildman–Crippen MR) is 315 cm³/mol. The lowest BCUT2D eigenvalue weighted by molar-refractivity contribution is -0.161. The first-order valence-corrected chi connectivity index (χ1v) is 30.4. The summed E-state index contributed by atoms with van der Waals surface area (Å²) in [6.07, 6.45) is 89.6. The van der Waals surface area contributed by atoms with Gasteiger partial charge in [0.05, 0.1) is 6.61 Å². The molecule has 0 fully saturated rings. The largest absolute Gasteiger partial charge is 0.462 e. The van der Waals surface area contributed by atoms with Crippen molar-refractivity contribution in [1.82, 2.24) is 0 Å². The smallest absolute Gasteiger partial charge is 0.306 e. The summed E-state index contributed by atoms with van der Waals surface area (Å²) < 4.78 is 10.7. The minimum absolute atomic E-state index is 0.0802. The van der Waals surface area contributed by atoms with Crippen LogP contribution in [0.1, 0.15) is 284 Å². The molecule has 1 atom stereocenters. The molecule has 0 amide bonds. The van der Waals surface area contributed by atoms with Gasteiger partial charge < -0.3 is 14.6 Å². The zero-order valence-corrected chi connectivity index (χ0v) is 47.2. The summed E-state index contributed by atoms with van der Waals surface area (Å²) in [6, 6.07) is 0. The van der Waals surface area contributed by atoms with E-state index in [0.29, 0.717) is 12.8 Å². The molecule has 0 aromatic rings. The second kappa shape index (κ2) is 61.9. The first-order valence-electron chi connectivity index (χ1n) is 30.4. The molecule has 5 nitrogen and oxygen atoms in total. The van der Waals surface area contributed by atoms with Crippen LogP contribution >= 0.6 is 0 Å². The predicted octanol–water partition coefficient (Wildman–Crippen LogP) is 20.9. The van der Waals surface area contributed by atoms with Gasteiger partial charge in [-0.3, -0.25) is 9.59 Å². The van der Waals surface area contributed by atoms with Crippen LogP contribution in [0.25, 0.3) is 0 Å². The van der Waals surface area contributed by atoms with Gasteiger partial charge in [-0.1, -0.05) is 284 Å². The van der Waals surface area contributed by atoms with Crippen LogP contribution in [-0.4, -0.2) is 36.4 Å². The molecule has 0 radical (unpaired) electrons. The summed E-state index contributed by atoms with van der Waals surface area (Å²) in [5, 5.41) is 9.65. The van der Waals surface area contributed by atoms with Crippen molar-refractivity contribution in [1.29, 1.82) is 0 Å². The SMILES string of the molecule is CC/C=C\C/C=C\C/C=C\C/C=C\C/C=C\CCCCCCCCCCCCCCCCCCCCCCCCCCCC(=O)OC(CO)COC(=O)CCCCCC/C=C\C/C=C\C/C=C\C/C=C\CC. The Kier molecular flexibility index (Phi) is 58.9. The van der Waals surface area contributed by atoms with Gasteiger partial charge in [0.2, 0.25) is 0 Å². The topological polar surface area (TPSA) is 72.8 Å². The minimum atomic E-state index is -0.786. The van der Waals surface area contributed by atoms with E-state index in [1.165, 1.54) is 148 Å². The van der Waals surface area contributed by atoms with Gasteiger partial charge in [-0.05, 0) is 96.3 Å². The number of aliphatic hydroxyl groups excluding tert-OH is 1. The van der Waals surface area contributed by atoms with Crippen LogP contribution in [0.5, 0.6) is 0 Å². The summed E-state index contributed by atoms with van der Waals surface area (Å²) in [5.41, 5.74) is 0. The first-order chi connectivity index (χ1) is 35.6. The van der Waals surface area contributed by atoms with Crippen molar-refractivity contribution in [3.8, 4) is 0 Å². The maximum Gasteiger partial charge on any atom is 0.306 e. The van der Waals surface area contributed by atoms with Crippen LogP contribution in [0.3, 0.4) is 0 Å². The summed E-state index contributed by atoms with van der Waals surface area (Å²) in [4.78, 5) is 24.5. The highest BCUT2D eigenvalue weighted by molar-refractivity contribution is 5.70. The Morgan fingerprint density at radius 1 is 0.319 bits per heavy atom. The molecule has 0 spiro atoms. The molecular formula is C67H114O5. The summed E-state index contributed by atoms with van der Waals surface area (Å²) in [7, 11) is 0. The number of aliphatic hydroxyl groups is 1. The molecule has 5 heteroatoms. The third-order valence-corrected chi connectivity index (χ3v) is 13.1. The van der Waals surface area contributed by atoms with Crippen molar-refractivity contribution >= 4 is 11.9 Å². The maximum absolute atomic E-state index is 12.3. The molecule has 0 rings (SSSR count). The van der Waals surface area contributed by atoms with E-state index in [4.69, 9.17) is 9.47 Å². The monoisotopic (exact) mass is 999 g/mol. The standard InChI is InChI=1S/C67H114O5/c1-3-5-7-9-11-13-15-17-19-21-22-23-24-25-26-27-28-29-30-31-32-33-34-35-36-37-38-39-40-41-42-43-44-46-48-50-52-54-56-58-60-62-67(70)72-65(63-68)64-71-66(69)61-59-57-55-53-51-49-47-45-20-18-16-14-12-10-8-6-4-2/h5-8,11-14,17-20,22-23,25-26,47,49,65,68H,3-4,9-10,15-16,21,24,27-46,48,50-64H2,1-2H3/b7-5-,8-6-,13-11-,14-12-,19-17-,20-18-,23-22-,26-25-,49-47-. The summed E-state index contributed by atoms with van der Waals surface area (Å²) in [5.74, 6) is -0.613. The molecule has 0 aliphatic rings. The van der Waals surface area contributed by atoms with Crippen molar-refractivity contribution in [3.05, 3.63) is 109 Å². The number of allylic oxidation sites excluding steroid dienone is 18. The van der Waals surface area contributed by atoms with E-state index in [2.05, 4.69) is 123 Å². The summed E-state index contributed by atoms with van der Waals surface area (Å²) in [6.45, 7) is 3.90. The molecule has 0 aliphatic heterocycles. The van der Waals surface area contributed by atoms with Crippen molar-refractivity contribution in [2.75, 3.05) is 13.2 Å². The third-order valence-electron chi connectivity index (χ3n) is 13.1. The molecule has 0 bridgehead atoms. The van der Waals surface area contributed by atoms with E-state index in [1.807, 2.05) is 0 Å². The molecule has 0 aliphatic carbocycles. The molecule has 0 saturated heterocycles. The highest BCUT2D eigenvalue weighted by Crippen LogP contribution is 2.17. The van der Waals surface area contributed by atoms with Crippen LogP contribution in [0, 0.1) is 0 Å². The van der Waals surface area contributed by atoms with E-state index >= 15 is 0 Å². The Balaban J connectivity index is 3.43. The average Bonchev–Trinajstić information content (AvgIpc) is 3.38. The first kappa shape index (κ1) is 68.6. The molecule has 0 saturated carbocycles. The van der Waals surface area contributed by atoms with Gasteiger partial charge in [-0.15, -0.1) is 0 Å². The fraction of sp³-hybridized carbons (Fsp3) is 0.701. The highest BCUT2D eigenvalue weighted by atomic mass is 16.6. The van der Waals surface area contributed by atoms with Gasteiger partial charge in [0.25, 0.3) is 0 Å². The lowest BCUT2D eigenvalue weighted by Crippen LogP contribution is -2.28. The second-order valence-corrected chi connectivity index (χ2v) is 20.0. The number of ether oxygens (including phenoxy) is 2. The number of hydrogen-bond donors (Lipinski definition) is 1. The Bertz CT molecular complexity index is 1410. The summed E-state index contributed by atoms with van der Waals surface area (Å²) >= 11 is 0. The Morgan fingerprint density at radius 2 is 0.556 bits per heavy atom. The Hall–Kier alpha value is -3.44. The molecule has 0 heterocycles. The normalized spacial score (nSPS) is 13.0. The molecule has 1 unspecified atom stereocenters. The van der Waals surface area contributed by atoms with Gasteiger partial charge >= 0.3 is 11.9 Å². The van der Waals surface area contributed by atoms with Gasteiger partial charge in [0, 0.05) is 12.8 Å². The number of carbonyl (C=O) groups excluding carboxylic acids is 2. The fourth-order valence-corrected chi connectivity index (χ4v) is 8.58. The van der Waals surface area contributed by atoms with Gasteiger partial charge in [-0.25, -0.2) is 0 Å². The van der Waals surface area contributed by atoms with Crippen LogP contribution in [-0.2, 0) is 19.1 Å². The molecule has 0 aromatic heterocycles. The molecule has 1 N–H and O–H groups in total. The minimum Gasteiger partial charge on any atom is -0.462 e. The third kappa shape index (κ3) is 59.1. The van der Waals surface area contributed by atoms with Gasteiger partial charge in [0.15, 0.2) is 6.10 Å². The Labute approximate surface area is 446 Å². The number of esters is 2. The molecule has 0 aromatic carbocycles. The molecule has 412 valence electrons. The quantitative estimate of drug-likeness (QED) is 0.0373. The van der Waals surface area contributed by atoms with E-state index in [0.717, 1.165) is 109 Å². The zero-order valence-electron chi connectivity index (χ0n) is 47.2. The molecule has 72 heavy (non-hydrogen) atoms. The van der Waals surface area contributed by atoms with E-state index in [-0.39, 0.29) is 25.2 Å². The average molecular weight is 1000 g/mol. The van der Waals surface area contributed by atoms with Gasteiger partial charge in [0.1, 0.15) is 6.61 Å². The number of hydrogen-bond acceptors (Lipinski definition) is 5. The number of rotatable bonds is 55. The van der Waals surface area contributed by atoms with Crippen LogP contribution < -0.4 is 0 Å². The number of unbranched alkanes of at least 4 members (excludes halogenated alkanes) is 29. The zero-order chi connectivity index (χ0) is 52.0. The van der Waals surface area contributed by atoms with Crippen molar-refractivity contribution in [2.45, 2.75) is 290 Å². The Morgan fingerprint density at radius 3 is 0.833 bits per heavy atom. The molecular weight excluding hydrogens is 885 g/mol. The highest BCUT2D eigenvalue weighted by Gasteiger charge is 2.16. The maximum atomic E-state index is 12.3. The van der Waals surface area contributed by atoms with Crippen molar-refractivity contribution < 1.29 is 24.2 Å². The van der Waals surface area contributed by atoms with E-state index in [9.17, 15) is 14.7 Å². The van der Waals surface area contributed by atoms with Crippen molar-refractivity contribution in [3.63, 3.8) is 0 Å². The lowest BCUT2D eigenvalue weighted by atomic mass is 10.0. The van der Waals surface area contributed by atoms with Crippen molar-refractivity contribution in [2.24, 2.45) is 0 Å². The number of carbonyl (C=O) groups is 2. The lowest BCUT2D eigenvalue weighted by Gasteiger charge is -2.15. The van der Waals surface area contributed by atoms with Crippen LogP contribution in [0.4, 0.5) is 0 Å². The van der Waals surface area contributed by atoms with E-state index < -0.39 is 6.10 Å². The van der Waals surface area contributed by atoms with Crippen LogP contribution in [0.2, 0.25) is 0 Å². The second-order valence-electron chi connectivity index (χ2n) is 20.0. The van der Waals surface area contributed by atoms with E-state index in [1.54, 1.807) is 0 Å². The van der Waals surface area contributed by atoms with Crippen LogP contribution in [0.15, 0.2) is 109 Å². The fourth-order valence-electron chi connectivity index (χ4n) is 8.58. The van der Waals surface area contributed by atoms with Gasteiger partial charge in [-0.2, -0.15) is 0 Å².